The van der Waals surface area contributed by atoms with Crippen LogP contribution in [-0.2, 0) is 4.74 Å². The minimum Gasteiger partial charge on any atom is -0.410 e. The molecule has 1 aromatic carbocycles. The summed E-state index contributed by atoms with van der Waals surface area (Å²) in [6, 6.07) is 9.22. The summed E-state index contributed by atoms with van der Waals surface area (Å²) >= 11 is 0. The summed E-state index contributed by atoms with van der Waals surface area (Å²) in [5.74, 6) is 0.561. The van der Waals surface area contributed by atoms with Gasteiger partial charge in [0.25, 0.3) is 0 Å². The van der Waals surface area contributed by atoms with Gasteiger partial charge >= 0.3 is 6.09 Å². The highest BCUT2D eigenvalue weighted by molar-refractivity contribution is 5.70. The lowest BCUT2D eigenvalue weighted by atomic mass is 10.2. The Morgan fingerprint density at radius 3 is 2.71 bits per heavy atom. The van der Waals surface area contributed by atoms with Gasteiger partial charge in [0.05, 0.1) is 6.10 Å². The lowest BCUT2D eigenvalue weighted by Gasteiger charge is -2.12. The van der Waals surface area contributed by atoms with Gasteiger partial charge in [-0.15, -0.1) is 0 Å². The van der Waals surface area contributed by atoms with Crippen molar-refractivity contribution in [1.82, 2.24) is 5.32 Å². The van der Waals surface area contributed by atoms with Crippen LogP contribution in [0.5, 0.6) is 5.75 Å². The van der Waals surface area contributed by atoms with Gasteiger partial charge in [0.1, 0.15) is 5.75 Å². The number of hydrogen-bond donors (Lipinski definition) is 1. The third kappa shape index (κ3) is 3.46. The quantitative estimate of drug-likeness (QED) is 0.874. The summed E-state index contributed by atoms with van der Waals surface area (Å²) in [4.78, 5) is 11.6. The number of hydrogen-bond acceptors (Lipinski definition) is 3. The van der Waals surface area contributed by atoms with Crippen molar-refractivity contribution in [3.05, 3.63) is 30.3 Å². The van der Waals surface area contributed by atoms with Crippen LogP contribution >= 0.6 is 0 Å². The molecule has 4 heteroatoms. The first-order chi connectivity index (χ1) is 8.28. The molecule has 0 radical (unpaired) electrons. The summed E-state index contributed by atoms with van der Waals surface area (Å²) in [6.07, 6.45) is 2.67. The topological polar surface area (TPSA) is 47.6 Å². The SMILES string of the molecule is COC1CCC(NC(=O)Oc2ccccc2)C1. The maximum atomic E-state index is 11.6. The molecule has 2 atom stereocenters. The Kier molecular flexibility index (Phi) is 3.98. The van der Waals surface area contributed by atoms with E-state index in [9.17, 15) is 4.79 Å². The number of amides is 1. The largest absolute Gasteiger partial charge is 0.412 e. The van der Waals surface area contributed by atoms with E-state index in [0.29, 0.717) is 5.75 Å². The molecule has 0 saturated heterocycles. The van der Waals surface area contributed by atoms with Crippen molar-refractivity contribution in [2.24, 2.45) is 0 Å². The molecule has 1 aliphatic rings. The average Bonchev–Trinajstić information content (AvgIpc) is 2.78. The second-order valence-corrected chi connectivity index (χ2v) is 4.21. The predicted molar refractivity (Wildman–Crippen MR) is 64.0 cm³/mol. The molecule has 1 amide bonds. The Hall–Kier alpha value is -1.55. The van der Waals surface area contributed by atoms with Gasteiger partial charge in [0.2, 0.25) is 0 Å². The minimum atomic E-state index is -0.391. The molecule has 1 fully saturated rings. The Bertz CT molecular complexity index is 366. The molecule has 0 bridgehead atoms. The Morgan fingerprint density at radius 1 is 1.29 bits per heavy atom. The fourth-order valence-corrected chi connectivity index (χ4v) is 2.08. The van der Waals surface area contributed by atoms with E-state index in [0.717, 1.165) is 19.3 Å². The van der Waals surface area contributed by atoms with Gasteiger partial charge in [0.15, 0.2) is 0 Å². The van der Waals surface area contributed by atoms with Crippen molar-refractivity contribution in [3.8, 4) is 5.75 Å². The zero-order valence-electron chi connectivity index (χ0n) is 9.89. The van der Waals surface area contributed by atoms with E-state index in [2.05, 4.69) is 5.32 Å². The number of benzene rings is 1. The molecule has 1 saturated carbocycles. The van der Waals surface area contributed by atoms with Gasteiger partial charge in [-0.25, -0.2) is 4.79 Å². The Morgan fingerprint density at radius 2 is 2.06 bits per heavy atom. The number of carbonyl (C=O) groups is 1. The van der Waals surface area contributed by atoms with E-state index in [1.807, 2.05) is 18.2 Å². The molecular weight excluding hydrogens is 218 g/mol. The smallest absolute Gasteiger partial charge is 0.410 e. The molecule has 0 aromatic heterocycles. The van der Waals surface area contributed by atoms with Crippen LogP contribution < -0.4 is 10.1 Å². The zero-order valence-corrected chi connectivity index (χ0v) is 9.89. The Labute approximate surface area is 101 Å². The third-order valence-electron chi connectivity index (χ3n) is 2.99. The summed E-state index contributed by atoms with van der Waals surface area (Å²) in [6.45, 7) is 0. The number of carbonyl (C=O) groups excluding carboxylic acids is 1. The van der Waals surface area contributed by atoms with Crippen LogP contribution in [0.3, 0.4) is 0 Å². The van der Waals surface area contributed by atoms with Crippen molar-refractivity contribution >= 4 is 6.09 Å². The standard InChI is InChI=1S/C13H17NO3/c1-16-12-8-7-10(9-12)14-13(15)17-11-5-3-2-4-6-11/h2-6,10,12H,7-9H2,1H3,(H,14,15). The van der Waals surface area contributed by atoms with E-state index in [1.54, 1.807) is 19.2 Å². The molecule has 1 aromatic rings. The number of rotatable bonds is 3. The van der Waals surface area contributed by atoms with E-state index in [-0.39, 0.29) is 12.1 Å². The van der Waals surface area contributed by atoms with Gasteiger partial charge in [-0.1, -0.05) is 18.2 Å². The van der Waals surface area contributed by atoms with Crippen LogP contribution in [0.25, 0.3) is 0 Å². The van der Waals surface area contributed by atoms with Crippen LogP contribution in [-0.4, -0.2) is 25.3 Å². The van der Waals surface area contributed by atoms with Gasteiger partial charge in [-0.2, -0.15) is 0 Å². The van der Waals surface area contributed by atoms with E-state index in [4.69, 9.17) is 9.47 Å². The summed E-state index contributed by atoms with van der Waals surface area (Å²) in [7, 11) is 1.70. The van der Waals surface area contributed by atoms with E-state index in [1.165, 1.54) is 0 Å². The minimum absolute atomic E-state index is 0.163. The monoisotopic (exact) mass is 235 g/mol. The lowest BCUT2D eigenvalue weighted by molar-refractivity contribution is 0.107. The highest BCUT2D eigenvalue weighted by atomic mass is 16.6. The molecule has 1 aliphatic carbocycles. The Balaban J connectivity index is 1.78. The third-order valence-corrected chi connectivity index (χ3v) is 2.99. The number of ether oxygens (including phenoxy) is 2. The second kappa shape index (κ2) is 5.68. The van der Waals surface area contributed by atoms with Gasteiger partial charge in [-0.05, 0) is 31.4 Å². The lowest BCUT2D eigenvalue weighted by Crippen LogP contribution is -2.35. The first-order valence-corrected chi connectivity index (χ1v) is 5.84. The molecule has 0 heterocycles. The molecular formula is C13H17NO3. The molecule has 2 unspecified atom stereocenters. The molecule has 1 N–H and O–H groups in total. The first-order valence-electron chi connectivity index (χ1n) is 5.84. The molecule has 17 heavy (non-hydrogen) atoms. The van der Waals surface area contributed by atoms with Crippen LogP contribution in [0, 0.1) is 0 Å². The van der Waals surface area contributed by atoms with Crippen molar-refractivity contribution in [2.75, 3.05) is 7.11 Å². The molecule has 2 rings (SSSR count). The van der Waals surface area contributed by atoms with E-state index >= 15 is 0 Å². The second-order valence-electron chi connectivity index (χ2n) is 4.21. The van der Waals surface area contributed by atoms with Crippen LogP contribution in [0.4, 0.5) is 4.79 Å². The van der Waals surface area contributed by atoms with Crippen LogP contribution in [0.2, 0.25) is 0 Å². The van der Waals surface area contributed by atoms with Gasteiger partial charge in [0, 0.05) is 13.2 Å². The van der Waals surface area contributed by atoms with E-state index < -0.39 is 6.09 Å². The maximum absolute atomic E-state index is 11.6. The highest BCUT2D eigenvalue weighted by Crippen LogP contribution is 2.21. The summed E-state index contributed by atoms with van der Waals surface area (Å²) < 4.78 is 10.4. The van der Waals surface area contributed by atoms with Gasteiger partial charge in [-0.3, -0.25) is 0 Å². The molecule has 4 nitrogen and oxygen atoms in total. The zero-order chi connectivity index (χ0) is 12.1. The summed E-state index contributed by atoms with van der Waals surface area (Å²) in [5, 5.41) is 2.85. The fourth-order valence-electron chi connectivity index (χ4n) is 2.08. The van der Waals surface area contributed by atoms with Crippen molar-refractivity contribution < 1.29 is 14.3 Å². The average molecular weight is 235 g/mol. The number of nitrogens with one attached hydrogen (secondary N) is 1. The highest BCUT2D eigenvalue weighted by Gasteiger charge is 2.26. The molecule has 0 spiro atoms. The van der Waals surface area contributed by atoms with Gasteiger partial charge < -0.3 is 14.8 Å². The van der Waals surface area contributed by atoms with Crippen LogP contribution in [0.1, 0.15) is 19.3 Å². The van der Waals surface area contributed by atoms with Crippen LogP contribution in [0.15, 0.2) is 30.3 Å². The van der Waals surface area contributed by atoms with Crippen molar-refractivity contribution in [2.45, 2.75) is 31.4 Å². The summed E-state index contributed by atoms with van der Waals surface area (Å²) in [5.41, 5.74) is 0. The normalized spacial score (nSPS) is 23.4. The first kappa shape index (κ1) is 11.9. The molecule has 92 valence electrons. The maximum Gasteiger partial charge on any atom is 0.412 e. The fraction of sp³-hybridized carbons (Fsp3) is 0.462. The molecule has 0 aliphatic heterocycles. The van der Waals surface area contributed by atoms with Crippen molar-refractivity contribution in [3.63, 3.8) is 0 Å². The number of methoxy groups -OCH3 is 1. The predicted octanol–water partition coefficient (Wildman–Crippen LogP) is 2.34. The van der Waals surface area contributed by atoms with Crippen molar-refractivity contribution in [1.29, 1.82) is 0 Å². The number of para-hydroxylation sites is 1.